The number of carbonyl (C=O) groups is 1. The zero-order valence-corrected chi connectivity index (χ0v) is 24.6. The molecule has 2 aromatic rings. The summed E-state index contributed by atoms with van der Waals surface area (Å²) >= 11 is 0. The predicted molar refractivity (Wildman–Crippen MR) is 152 cm³/mol. The Morgan fingerprint density at radius 2 is 1.59 bits per heavy atom. The van der Waals surface area contributed by atoms with Gasteiger partial charge in [0.05, 0.1) is 32.1 Å². The lowest BCUT2D eigenvalue weighted by molar-refractivity contribution is -0.893. The molecule has 1 atom stereocenters. The number of nitrogens with one attached hydrogen (secondary N) is 1. The van der Waals surface area contributed by atoms with E-state index in [1.165, 1.54) is 44.4 Å². The fraction of sp³-hybridized carbons (Fsp3) is 0.552. The van der Waals surface area contributed by atoms with Crippen LogP contribution in [0.2, 0.25) is 0 Å². The Kier molecular flexibility index (Phi) is 13.9. The molecule has 7 nitrogen and oxygen atoms in total. The van der Waals surface area contributed by atoms with E-state index in [9.17, 15) is 17.8 Å². The second-order valence-corrected chi connectivity index (χ2v) is 12.0. The summed E-state index contributed by atoms with van der Waals surface area (Å²) in [7, 11) is 4.36. The number of hydrogen-bond acceptors (Lipinski definition) is 5. The summed E-state index contributed by atoms with van der Waals surface area (Å²) < 4.78 is 32.2. The van der Waals surface area contributed by atoms with E-state index >= 15 is 0 Å². The van der Waals surface area contributed by atoms with Crippen LogP contribution in [0.5, 0.6) is 0 Å². The normalized spacial score (nSPS) is 12.3. The molecule has 0 radical (unpaired) electrons. The van der Waals surface area contributed by atoms with Gasteiger partial charge in [0.25, 0.3) is 5.91 Å². The molecule has 0 aliphatic carbocycles. The second kappa shape index (κ2) is 15.7. The number of hydrogen-bond donors (Lipinski definition) is 1. The quantitative estimate of drug-likeness (QED) is 0.221. The molecule has 2 aromatic carbocycles. The molecule has 0 aromatic heterocycles. The van der Waals surface area contributed by atoms with Gasteiger partial charge in [0.1, 0.15) is 10.1 Å². The first kappa shape index (κ1) is 32.6. The third kappa shape index (κ3) is 13.1. The maximum atomic E-state index is 12.3. The Labute approximate surface area is 225 Å². The molecule has 0 saturated carbocycles. The molecule has 1 N–H and O–H groups in total. The number of unbranched alkanes of at least 4 members (excludes halogenated alkanes) is 1. The minimum atomic E-state index is -4.27. The largest absolute Gasteiger partial charge is 0.744 e. The van der Waals surface area contributed by atoms with E-state index in [0.29, 0.717) is 0 Å². The third-order valence-corrected chi connectivity index (χ3v) is 7.33. The molecule has 0 bridgehead atoms. The highest BCUT2D eigenvalue weighted by Gasteiger charge is 2.20. The van der Waals surface area contributed by atoms with Crippen molar-refractivity contribution in [1.82, 2.24) is 5.32 Å². The van der Waals surface area contributed by atoms with Crippen LogP contribution < -0.4 is 10.2 Å². The van der Waals surface area contributed by atoms with Crippen LogP contribution in [0, 0.1) is 12.8 Å². The van der Waals surface area contributed by atoms with Crippen molar-refractivity contribution in [2.24, 2.45) is 5.92 Å². The molecule has 0 spiro atoms. The molecular formula is C29H47N3O4S. The molecule has 0 aliphatic rings. The molecule has 1 unspecified atom stereocenters. The minimum Gasteiger partial charge on any atom is -0.744 e. The van der Waals surface area contributed by atoms with Crippen molar-refractivity contribution in [2.45, 2.75) is 57.8 Å². The number of carbonyl (C=O) groups excluding carboxylic acids is 1. The fourth-order valence-electron chi connectivity index (χ4n) is 4.13. The monoisotopic (exact) mass is 533 g/mol. The molecular weight excluding hydrogens is 486 g/mol. The van der Waals surface area contributed by atoms with Crippen LogP contribution in [0.15, 0.2) is 53.4 Å². The van der Waals surface area contributed by atoms with Gasteiger partial charge in [-0.2, -0.15) is 0 Å². The SMILES string of the molecule is CCCCC(CC)C[N+](C)(C)CCCNC(=O)c1ccc(N(C)C)cc1.Cc1ccc(S(=O)(=O)[O-])cc1. The smallest absolute Gasteiger partial charge is 0.251 e. The summed E-state index contributed by atoms with van der Waals surface area (Å²) in [6.45, 7) is 9.47. The van der Waals surface area contributed by atoms with Crippen molar-refractivity contribution in [3.05, 3.63) is 59.7 Å². The van der Waals surface area contributed by atoms with Gasteiger partial charge in [0, 0.05) is 44.2 Å². The fourth-order valence-corrected chi connectivity index (χ4v) is 4.60. The Morgan fingerprint density at radius 1 is 1.00 bits per heavy atom. The lowest BCUT2D eigenvalue weighted by atomic mass is 9.98. The van der Waals surface area contributed by atoms with E-state index in [1.54, 1.807) is 12.1 Å². The summed E-state index contributed by atoms with van der Waals surface area (Å²) in [6.07, 6.45) is 6.24. The first-order valence-electron chi connectivity index (χ1n) is 13.2. The third-order valence-electron chi connectivity index (χ3n) is 6.48. The Hall–Kier alpha value is -2.42. The molecule has 0 fully saturated rings. The highest BCUT2D eigenvalue weighted by atomic mass is 32.2. The number of nitrogens with zero attached hydrogens (tertiary/aromatic N) is 2. The summed E-state index contributed by atoms with van der Waals surface area (Å²) in [5.74, 6) is 0.838. The van der Waals surface area contributed by atoms with Gasteiger partial charge in [0.15, 0.2) is 0 Å². The average Bonchev–Trinajstić information content (AvgIpc) is 2.84. The number of aryl methyl sites for hydroxylation is 1. The van der Waals surface area contributed by atoms with E-state index < -0.39 is 10.1 Å². The van der Waals surface area contributed by atoms with Crippen molar-refractivity contribution in [3.63, 3.8) is 0 Å². The molecule has 208 valence electrons. The van der Waals surface area contributed by atoms with Crippen LogP contribution in [-0.4, -0.2) is 71.2 Å². The van der Waals surface area contributed by atoms with Crippen molar-refractivity contribution >= 4 is 21.7 Å². The number of rotatable bonds is 13. The molecule has 8 heteroatoms. The number of quaternary nitrogens is 1. The van der Waals surface area contributed by atoms with E-state index in [2.05, 4.69) is 33.3 Å². The predicted octanol–water partition coefficient (Wildman–Crippen LogP) is 5.06. The maximum absolute atomic E-state index is 12.3. The van der Waals surface area contributed by atoms with E-state index in [0.717, 1.165) is 46.7 Å². The van der Waals surface area contributed by atoms with Gasteiger partial charge in [-0.25, -0.2) is 8.42 Å². The van der Waals surface area contributed by atoms with Crippen LogP contribution in [0.25, 0.3) is 0 Å². The van der Waals surface area contributed by atoms with Gasteiger partial charge in [-0.3, -0.25) is 4.79 Å². The standard InChI is InChI=1S/C22H39N3O.C7H8O3S/c1-7-9-11-19(8-2)18-25(5,6)17-10-16-23-22(26)20-12-14-21(15-13-20)24(3)4;1-6-2-4-7(5-3-6)11(8,9)10/h12-15,19H,7-11,16-18H2,1-6H3;2-5H,1H3,(H,8,9,10). The van der Waals surface area contributed by atoms with E-state index in [1.807, 2.05) is 50.2 Å². The van der Waals surface area contributed by atoms with Gasteiger partial charge < -0.3 is 19.3 Å². The summed E-state index contributed by atoms with van der Waals surface area (Å²) in [6, 6.07) is 13.5. The lowest BCUT2D eigenvalue weighted by Gasteiger charge is -2.33. The van der Waals surface area contributed by atoms with Crippen molar-refractivity contribution in [2.75, 3.05) is 52.7 Å². The van der Waals surface area contributed by atoms with Crippen LogP contribution in [0.3, 0.4) is 0 Å². The molecule has 0 aliphatic heterocycles. The summed E-state index contributed by atoms with van der Waals surface area (Å²) in [4.78, 5) is 14.1. The molecule has 0 saturated heterocycles. The molecule has 2 rings (SSSR count). The minimum absolute atomic E-state index is 0.0231. The molecule has 1 amide bonds. The topological polar surface area (TPSA) is 89.5 Å². The van der Waals surface area contributed by atoms with Gasteiger partial charge in [-0.15, -0.1) is 0 Å². The first-order chi connectivity index (χ1) is 17.3. The van der Waals surface area contributed by atoms with Crippen LogP contribution in [0.4, 0.5) is 5.69 Å². The van der Waals surface area contributed by atoms with Crippen molar-refractivity contribution < 1.29 is 22.2 Å². The highest BCUT2D eigenvalue weighted by molar-refractivity contribution is 7.85. The Balaban J connectivity index is 0.000000516. The van der Waals surface area contributed by atoms with Crippen LogP contribution >= 0.6 is 0 Å². The zero-order chi connectivity index (χ0) is 28.1. The highest BCUT2D eigenvalue weighted by Crippen LogP contribution is 2.17. The van der Waals surface area contributed by atoms with Gasteiger partial charge in [-0.1, -0.05) is 44.4 Å². The Morgan fingerprint density at radius 3 is 2.08 bits per heavy atom. The first-order valence-corrected chi connectivity index (χ1v) is 14.6. The lowest BCUT2D eigenvalue weighted by Crippen LogP contribution is -2.45. The van der Waals surface area contributed by atoms with E-state index in [4.69, 9.17) is 0 Å². The molecule has 0 heterocycles. The Bertz CT molecular complexity index is 1030. The summed E-state index contributed by atoms with van der Waals surface area (Å²) in [5, 5.41) is 3.06. The second-order valence-electron chi connectivity index (χ2n) is 10.6. The molecule has 37 heavy (non-hydrogen) atoms. The maximum Gasteiger partial charge on any atom is 0.251 e. The van der Waals surface area contributed by atoms with Gasteiger partial charge in [-0.05, 0) is 56.2 Å². The number of anilines is 1. The number of amides is 1. The van der Waals surface area contributed by atoms with E-state index in [-0.39, 0.29) is 10.8 Å². The van der Waals surface area contributed by atoms with Crippen molar-refractivity contribution in [3.8, 4) is 0 Å². The van der Waals surface area contributed by atoms with Crippen LogP contribution in [0.1, 0.15) is 61.9 Å². The van der Waals surface area contributed by atoms with Gasteiger partial charge in [0.2, 0.25) is 0 Å². The zero-order valence-electron chi connectivity index (χ0n) is 23.8. The van der Waals surface area contributed by atoms with Crippen LogP contribution in [-0.2, 0) is 10.1 Å². The average molecular weight is 534 g/mol. The van der Waals surface area contributed by atoms with Crippen molar-refractivity contribution in [1.29, 1.82) is 0 Å². The van der Waals surface area contributed by atoms with Gasteiger partial charge >= 0.3 is 0 Å². The summed E-state index contributed by atoms with van der Waals surface area (Å²) in [5.41, 5.74) is 2.77. The number of benzene rings is 2.